The summed E-state index contributed by atoms with van der Waals surface area (Å²) in [5.41, 5.74) is 9.00. The number of aryl methyl sites for hydroxylation is 1. The van der Waals surface area contributed by atoms with Crippen molar-refractivity contribution in [2.75, 3.05) is 0 Å². The molecule has 0 spiro atoms. The minimum absolute atomic E-state index is 0. The zero-order valence-electron chi connectivity index (χ0n) is 8.55. The smallest absolute Gasteiger partial charge is 0.0678 e. The molecule has 0 saturated carbocycles. The Bertz CT molecular complexity index is 437. The standard InChI is InChI=1S/C11H13N3.ClH/c1-14-11(5-6-13-14)10-4-2-3-9(7-10)8-12;/h2-7H,8,12H2,1H3;1H. The molecular formula is C11H14ClN3. The van der Waals surface area contributed by atoms with Crippen LogP contribution in [0.5, 0.6) is 0 Å². The van der Waals surface area contributed by atoms with Crippen molar-refractivity contribution in [2.24, 2.45) is 12.8 Å². The molecule has 1 aromatic carbocycles. The van der Waals surface area contributed by atoms with Crippen LogP contribution in [0, 0.1) is 0 Å². The predicted octanol–water partition coefficient (Wildman–Crippen LogP) is 1.97. The lowest BCUT2D eigenvalue weighted by atomic mass is 10.1. The lowest BCUT2D eigenvalue weighted by Gasteiger charge is -2.03. The molecule has 80 valence electrons. The number of nitrogens with two attached hydrogens (primary N) is 1. The van der Waals surface area contributed by atoms with Crippen molar-refractivity contribution in [1.82, 2.24) is 9.78 Å². The van der Waals surface area contributed by atoms with Crippen LogP contribution in [0.25, 0.3) is 11.3 Å². The van der Waals surface area contributed by atoms with Gasteiger partial charge in [0, 0.05) is 25.4 Å². The van der Waals surface area contributed by atoms with Gasteiger partial charge in [-0.3, -0.25) is 4.68 Å². The van der Waals surface area contributed by atoms with Gasteiger partial charge in [-0.1, -0.05) is 18.2 Å². The Morgan fingerprint density at radius 2 is 2.13 bits per heavy atom. The van der Waals surface area contributed by atoms with Gasteiger partial charge in [0.2, 0.25) is 0 Å². The summed E-state index contributed by atoms with van der Waals surface area (Å²) in [4.78, 5) is 0. The SMILES string of the molecule is Cl.Cn1nccc1-c1cccc(CN)c1. The van der Waals surface area contributed by atoms with Crippen molar-refractivity contribution >= 4 is 12.4 Å². The molecule has 15 heavy (non-hydrogen) atoms. The van der Waals surface area contributed by atoms with Crippen molar-refractivity contribution in [3.05, 3.63) is 42.1 Å². The molecule has 0 aliphatic rings. The van der Waals surface area contributed by atoms with E-state index in [2.05, 4.69) is 17.2 Å². The Hall–Kier alpha value is -1.32. The molecule has 0 radical (unpaired) electrons. The largest absolute Gasteiger partial charge is 0.326 e. The van der Waals surface area contributed by atoms with Crippen molar-refractivity contribution < 1.29 is 0 Å². The minimum Gasteiger partial charge on any atom is -0.326 e. The summed E-state index contributed by atoms with van der Waals surface area (Å²) in [5, 5.41) is 4.13. The highest BCUT2D eigenvalue weighted by molar-refractivity contribution is 5.85. The number of benzene rings is 1. The molecule has 0 bridgehead atoms. The van der Waals surface area contributed by atoms with Crippen LogP contribution >= 0.6 is 12.4 Å². The highest BCUT2D eigenvalue weighted by Gasteiger charge is 2.01. The number of hydrogen-bond donors (Lipinski definition) is 1. The first-order chi connectivity index (χ1) is 6.81. The summed E-state index contributed by atoms with van der Waals surface area (Å²) in [6.45, 7) is 0.575. The molecular weight excluding hydrogens is 210 g/mol. The molecule has 0 saturated heterocycles. The number of aromatic nitrogens is 2. The minimum atomic E-state index is 0. The number of rotatable bonds is 2. The Morgan fingerprint density at radius 1 is 1.33 bits per heavy atom. The van der Waals surface area contributed by atoms with Crippen LogP contribution in [-0.2, 0) is 13.6 Å². The van der Waals surface area contributed by atoms with E-state index in [1.54, 1.807) is 6.20 Å². The molecule has 2 rings (SSSR count). The molecule has 1 heterocycles. The normalized spacial score (nSPS) is 9.73. The molecule has 2 aromatic rings. The van der Waals surface area contributed by atoms with E-state index in [0.29, 0.717) is 6.54 Å². The third kappa shape index (κ3) is 2.37. The maximum atomic E-state index is 5.59. The molecule has 1 aromatic heterocycles. The molecule has 4 heteroatoms. The van der Waals surface area contributed by atoms with Crippen LogP contribution in [0.15, 0.2) is 36.5 Å². The van der Waals surface area contributed by atoms with E-state index >= 15 is 0 Å². The third-order valence-electron chi connectivity index (χ3n) is 2.28. The molecule has 0 amide bonds. The maximum Gasteiger partial charge on any atom is 0.0678 e. The summed E-state index contributed by atoms with van der Waals surface area (Å²) in [5.74, 6) is 0. The second kappa shape index (κ2) is 4.96. The number of hydrogen-bond acceptors (Lipinski definition) is 2. The highest BCUT2D eigenvalue weighted by atomic mass is 35.5. The van der Waals surface area contributed by atoms with E-state index in [4.69, 9.17) is 5.73 Å². The van der Waals surface area contributed by atoms with E-state index in [9.17, 15) is 0 Å². The van der Waals surface area contributed by atoms with E-state index in [1.807, 2.05) is 29.9 Å². The topological polar surface area (TPSA) is 43.8 Å². The van der Waals surface area contributed by atoms with Crippen LogP contribution in [-0.4, -0.2) is 9.78 Å². The van der Waals surface area contributed by atoms with E-state index < -0.39 is 0 Å². The fourth-order valence-electron chi connectivity index (χ4n) is 1.51. The van der Waals surface area contributed by atoms with E-state index in [-0.39, 0.29) is 12.4 Å². The van der Waals surface area contributed by atoms with Gasteiger partial charge in [0.05, 0.1) is 5.69 Å². The van der Waals surface area contributed by atoms with E-state index in [0.717, 1.165) is 16.8 Å². The van der Waals surface area contributed by atoms with Crippen molar-refractivity contribution in [1.29, 1.82) is 0 Å². The second-order valence-electron chi connectivity index (χ2n) is 3.24. The maximum absolute atomic E-state index is 5.59. The number of nitrogens with zero attached hydrogens (tertiary/aromatic N) is 2. The van der Waals surface area contributed by atoms with Gasteiger partial charge in [-0.2, -0.15) is 5.10 Å². The van der Waals surface area contributed by atoms with Crippen LogP contribution < -0.4 is 5.73 Å². The van der Waals surface area contributed by atoms with Crippen LogP contribution in [0.2, 0.25) is 0 Å². The molecule has 0 unspecified atom stereocenters. The van der Waals surface area contributed by atoms with Crippen molar-refractivity contribution in [3.63, 3.8) is 0 Å². The van der Waals surface area contributed by atoms with Gasteiger partial charge in [0.25, 0.3) is 0 Å². The fourth-order valence-corrected chi connectivity index (χ4v) is 1.51. The Labute approximate surface area is 95.3 Å². The van der Waals surface area contributed by atoms with Crippen LogP contribution in [0.4, 0.5) is 0 Å². The first-order valence-electron chi connectivity index (χ1n) is 4.58. The molecule has 0 atom stereocenters. The summed E-state index contributed by atoms with van der Waals surface area (Å²) < 4.78 is 1.86. The van der Waals surface area contributed by atoms with Gasteiger partial charge < -0.3 is 5.73 Å². The molecule has 3 nitrogen and oxygen atoms in total. The van der Waals surface area contributed by atoms with E-state index in [1.165, 1.54) is 0 Å². The fraction of sp³-hybridized carbons (Fsp3) is 0.182. The van der Waals surface area contributed by atoms with Gasteiger partial charge >= 0.3 is 0 Å². The van der Waals surface area contributed by atoms with Crippen LogP contribution in [0.1, 0.15) is 5.56 Å². The third-order valence-corrected chi connectivity index (χ3v) is 2.28. The molecule has 2 N–H and O–H groups in total. The monoisotopic (exact) mass is 223 g/mol. The first kappa shape index (κ1) is 11.8. The Morgan fingerprint density at radius 3 is 2.73 bits per heavy atom. The average Bonchev–Trinajstić information content (AvgIpc) is 2.65. The van der Waals surface area contributed by atoms with Crippen LogP contribution in [0.3, 0.4) is 0 Å². The summed E-state index contributed by atoms with van der Waals surface area (Å²) in [6.07, 6.45) is 1.80. The second-order valence-corrected chi connectivity index (χ2v) is 3.24. The average molecular weight is 224 g/mol. The molecule has 0 aliphatic carbocycles. The Balaban J connectivity index is 0.00000112. The quantitative estimate of drug-likeness (QED) is 0.846. The summed E-state index contributed by atoms with van der Waals surface area (Å²) in [7, 11) is 1.93. The zero-order valence-corrected chi connectivity index (χ0v) is 9.37. The van der Waals surface area contributed by atoms with Gasteiger partial charge in [0.15, 0.2) is 0 Å². The highest BCUT2D eigenvalue weighted by Crippen LogP contribution is 2.18. The predicted molar refractivity (Wildman–Crippen MR) is 63.8 cm³/mol. The first-order valence-corrected chi connectivity index (χ1v) is 4.58. The van der Waals surface area contributed by atoms with Crippen molar-refractivity contribution in [2.45, 2.75) is 6.54 Å². The summed E-state index contributed by atoms with van der Waals surface area (Å²) >= 11 is 0. The summed E-state index contributed by atoms with van der Waals surface area (Å²) in [6, 6.07) is 10.2. The molecule has 0 fully saturated rings. The lowest BCUT2D eigenvalue weighted by molar-refractivity contribution is 0.775. The Kier molecular flexibility index (Phi) is 3.88. The zero-order chi connectivity index (χ0) is 9.97. The number of halogens is 1. The van der Waals surface area contributed by atoms with Crippen molar-refractivity contribution in [3.8, 4) is 11.3 Å². The van der Waals surface area contributed by atoms with Gasteiger partial charge in [-0.25, -0.2) is 0 Å². The van der Waals surface area contributed by atoms with Gasteiger partial charge in [-0.05, 0) is 17.7 Å². The van der Waals surface area contributed by atoms with Gasteiger partial charge in [0.1, 0.15) is 0 Å². The lowest BCUT2D eigenvalue weighted by Crippen LogP contribution is -1.97. The van der Waals surface area contributed by atoms with Gasteiger partial charge in [-0.15, -0.1) is 12.4 Å². The molecule has 0 aliphatic heterocycles.